The number of ketones is 1. The summed E-state index contributed by atoms with van der Waals surface area (Å²) in [7, 11) is 1.50. The Hall–Kier alpha value is -4.07. The number of methoxy groups -OCH3 is 1. The lowest BCUT2D eigenvalue weighted by atomic mass is 9.95. The quantitative estimate of drug-likeness (QED) is 0.325. The number of fused-ring (bicyclic) bond motifs is 1. The Bertz CT molecular complexity index is 1270. The summed E-state index contributed by atoms with van der Waals surface area (Å²) in [5.41, 5.74) is 0.931. The van der Waals surface area contributed by atoms with E-state index in [-0.39, 0.29) is 11.3 Å². The zero-order valence-corrected chi connectivity index (χ0v) is 18.5. The fourth-order valence-electron chi connectivity index (χ4n) is 4.03. The molecule has 0 saturated carbocycles. The minimum Gasteiger partial charge on any atom is -0.503 e. The van der Waals surface area contributed by atoms with Crippen LogP contribution < -0.4 is 9.47 Å². The van der Waals surface area contributed by atoms with E-state index in [1.807, 2.05) is 6.92 Å². The van der Waals surface area contributed by atoms with Crippen LogP contribution in [0.5, 0.6) is 11.5 Å². The summed E-state index contributed by atoms with van der Waals surface area (Å²) in [5.74, 6) is -1.48. The second-order valence-corrected chi connectivity index (χ2v) is 7.64. The first-order valence-electron chi connectivity index (χ1n) is 10.5. The van der Waals surface area contributed by atoms with Crippen LogP contribution >= 0.6 is 0 Å². The van der Waals surface area contributed by atoms with E-state index < -0.39 is 29.5 Å². The van der Waals surface area contributed by atoms with E-state index >= 15 is 0 Å². The first-order valence-corrected chi connectivity index (χ1v) is 10.5. The van der Waals surface area contributed by atoms with Crippen LogP contribution in [0, 0.1) is 0 Å². The molecule has 2 heterocycles. The van der Waals surface area contributed by atoms with Crippen molar-refractivity contribution in [2.24, 2.45) is 0 Å². The number of carbonyl (C=O) groups excluding carboxylic acids is 3. The number of carbonyl (C=O) groups is 3. The van der Waals surface area contributed by atoms with E-state index in [1.165, 1.54) is 18.9 Å². The van der Waals surface area contributed by atoms with Gasteiger partial charge in [0, 0.05) is 18.9 Å². The Balaban J connectivity index is 1.78. The number of ether oxygens (including phenoxy) is 2. The van der Waals surface area contributed by atoms with Crippen LogP contribution in [0.3, 0.4) is 0 Å². The molecule has 1 aliphatic rings. The molecule has 8 heteroatoms. The average molecular weight is 449 g/mol. The van der Waals surface area contributed by atoms with Crippen molar-refractivity contribution in [3.05, 3.63) is 71.2 Å². The summed E-state index contributed by atoms with van der Waals surface area (Å²) >= 11 is 0. The first-order chi connectivity index (χ1) is 15.8. The molecular formula is C25H23NO7. The summed E-state index contributed by atoms with van der Waals surface area (Å²) in [5, 5.41) is 11.4. The number of furan rings is 1. The lowest BCUT2D eigenvalue weighted by Gasteiger charge is -2.26. The minimum absolute atomic E-state index is 0.0104. The number of para-hydroxylation sites is 1. The normalized spacial score (nSPS) is 15.9. The highest BCUT2D eigenvalue weighted by Gasteiger charge is 2.44. The second-order valence-electron chi connectivity index (χ2n) is 7.64. The number of nitrogens with zero attached hydrogens (tertiary/aromatic N) is 1. The van der Waals surface area contributed by atoms with Gasteiger partial charge in [0.1, 0.15) is 5.75 Å². The molecule has 3 aromatic rings. The summed E-state index contributed by atoms with van der Waals surface area (Å²) < 4.78 is 16.2. The lowest BCUT2D eigenvalue weighted by molar-refractivity contribution is -0.132. The number of benzene rings is 2. The van der Waals surface area contributed by atoms with Crippen LogP contribution in [0.15, 0.2) is 64.3 Å². The van der Waals surface area contributed by atoms with Gasteiger partial charge in [0.15, 0.2) is 22.9 Å². The maximum atomic E-state index is 13.5. The largest absolute Gasteiger partial charge is 0.503 e. The highest BCUT2D eigenvalue weighted by Crippen LogP contribution is 2.40. The predicted octanol–water partition coefficient (Wildman–Crippen LogP) is 4.36. The molecule has 0 radical (unpaired) electrons. The zero-order chi connectivity index (χ0) is 23.7. The van der Waals surface area contributed by atoms with Crippen molar-refractivity contribution < 1.29 is 33.4 Å². The van der Waals surface area contributed by atoms with E-state index in [4.69, 9.17) is 13.9 Å². The van der Waals surface area contributed by atoms with E-state index in [0.29, 0.717) is 41.0 Å². The molecule has 170 valence electrons. The Morgan fingerprint density at radius 1 is 1.15 bits per heavy atom. The molecule has 0 spiro atoms. The number of rotatable bonds is 7. The molecule has 0 aliphatic carbocycles. The van der Waals surface area contributed by atoms with E-state index in [9.17, 15) is 19.5 Å². The highest BCUT2D eigenvalue weighted by atomic mass is 16.5. The van der Waals surface area contributed by atoms with Gasteiger partial charge in [-0.25, -0.2) is 0 Å². The first kappa shape index (κ1) is 22.1. The van der Waals surface area contributed by atoms with Crippen molar-refractivity contribution in [1.82, 2.24) is 4.90 Å². The topological polar surface area (TPSA) is 106 Å². The molecular weight excluding hydrogens is 426 g/mol. The molecule has 0 bridgehead atoms. The third kappa shape index (κ3) is 3.95. The SMILES string of the molecule is CCCN1C(=O)C(O)=C(C(=O)c2cc3cccc(OC)c3o2)C1c1ccc(OC(C)=O)cc1. The van der Waals surface area contributed by atoms with E-state index in [0.717, 1.165) is 0 Å². The molecule has 8 nitrogen and oxygen atoms in total. The smallest absolute Gasteiger partial charge is 0.308 e. The van der Waals surface area contributed by atoms with Gasteiger partial charge in [0.2, 0.25) is 5.78 Å². The number of amides is 1. The van der Waals surface area contributed by atoms with Crippen molar-refractivity contribution in [2.45, 2.75) is 26.3 Å². The third-order valence-corrected chi connectivity index (χ3v) is 5.42. The van der Waals surface area contributed by atoms with Crippen LogP contribution in [0.4, 0.5) is 0 Å². The fraction of sp³-hybridized carbons (Fsp3) is 0.240. The molecule has 1 N–H and O–H groups in total. The molecule has 1 amide bonds. The molecule has 1 unspecified atom stereocenters. The number of Topliss-reactive ketones (excluding diaryl/α,β-unsaturated/α-hetero) is 1. The van der Waals surface area contributed by atoms with Gasteiger partial charge in [0.05, 0.1) is 18.7 Å². The molecule has 4 rings (SSSR count). The number of hydrogen-bond acceptors (Lipinski definition) is 7. The van der Waals surface area contributed by atoms with E-state index in [1.54, 1.807) is 48.5 Å². The lowest BCUT2D eigenvalue weighted by Crippen LogP contribution is -2.31. The van der Waals surface area contributed by atoms with Crippen LogP contribution in [0.2, 0.25) is 0 Å². The monoisotopic (exact) mass is 449 g/mol. The van der Waals surface area contributed by atoms with Crippen molar-refractivity contribution in [1.29, 1.82) is 0 Å². The van der Waals surface area contributed by atoms with Crippen molar-refractivity contribution in [2.75, 3.05) is 13.7 Å². The molecule has 1 aliphatic heterocycles. The maximum absolute atomic E-state index is 13.5. The van der Waals surface area contributed by atoms with Gasteiger partial charge in [-0.2, -0.15) is 0 Å². The average Bonchev–Trinajstić information content (AvgIpc) is 3.34. The standard InChI is InChI=1S/C25H23NO7/c1-4-12-26-21(15-8-10-17(11-9-15)32-14(2)27)20(23(29)25(26)30)22(28)19-13-16-6-5-7-18(31-3)24(16)33-19/h5-11,13,21,29H,4,12H2,1-3H3. The summed E-state index contributed by atoms with van der Waals surface area (Å²) in [4.78, 5) is 39.0. The van der Waals surface area contributed by atoms with Gasteiger partial charge < -0.3 is 23.9 Å². The molecule has 1 atom stereocenters. The predicted molar refractivity (Wildman–Crippen MR) is 119 cm³/mol. The molecule has 33 heavy (non-hydrogen) atoms. The van der Waals surface area contributed by atoms with Gasteiger partial charge in [-0.05, 0) is 36.2 Å². The Labute approximate surface area is 190 Å². The number of esters is 1. The number of aliphatic hydroxyl groups excluding tert-OH is 1. The Morgan fingerprint density at radius 3 is 2.52 bits per heavy atom. The zero-order valence-electron chi connectivity index (χ0n) is 18.5. The van der Waals surface area contributed by atoms with Crippen molar-refractivity contribution in [3.63, 3.8) is 0 Å². The number of aliphatic hydroxyl groups is 1. The van der Waals surface area contributed by atoms with E-state index in [2.05, 4.69) is 0 Å². The second kappa shape index (κ2) is 8.82. The fourth-order valence-corrected chi connectivity index (χ4v) is 4.03. The maximum Gasteiger partial charge on any atom is 0.308 e. The number of hydrogen-bond donors (Lipinski definition) is 1. The Morgan fingerprint density at radius 2 is 1.88 bits per heavy atom. The molecule has 2 aromatic carbocycles. The van der Waals surface area contributed by atoms with Crippen LogP contribution in [0.1, 0.15) is 42.4 Å². The van der Waals surface area contributed by atoms with Gasteiger partial charge in [0.25, 0.3) is 5.91 Å². The minimum atomic E-state index is -0.813. The summed E-state index contributed by atoms with van der Waals surface area (Å²) in [6.45, 7) is 3.53. The van der Waals surface area contributed by atoms with Crippen LogP contribution in [-0.4, -0.2) is 41.3 Å². The summed E-state index contributed by atoms with van der Waals surface area (Å²) in [6, 6.07) is 12.5. The van der Waals surface area contributed by atoms with Crippen LogP contribution in [0.25, 0.3) is 11.0 Å². The van der Waals surface area contributed by atoms with Gasteiger partial charge in [-0.3, -0.25) is 14.4 Å². The van der Waals surface area contributed by atoms with Crippen molar-refractivity contribution >= 4 is 28.6 Å². The molecule has 0 saturated heterocycles. The Kier molecular flexibility index (Phi) is 5.91. The van der Waals surface area contributed by atoms with Crippen molar-refractivity contribution in [3.8, 4) is 11.5 Å². The van der Waals surface area contributed by atoms with Gasteiger partial charge >= 0.3 is 5.97 Å². The summed E-state index contributed by atoms with van der Waals surface area (Å²) in [6.07, 6.45) is 0.629. The highest BCUT2D eigenvalue weighted by molar-refractivity contribution is 6.16. The van der Waals surface area contributed by atoms with Gasteiger partial charge in [-0.1, -0.05) is 31.2 Å². The third-order valence-electron chi connectivity index (χ3n) is 5.42. The molecule has 0 fully saturated rings. The van der Waals surface area contributed by atoms with Crippen LogP contribution in [-0.2, 0) is 9.59 Å². The van der Waals surface area contributed by atoms with Gasteiger partial charge in [-0.15, -0.1) is 0 Å². The molecule has 1 aromatic heterocycles.